The van der Waals surface area contributed by atoms with E-state index in [0.29, 0.717) is 0 Å². The number of benzene rings is 2. The molecular formula is C16H18BrNO2. The first-order valence-corrected chi connectivity index (χ1v) is 7.17. The van der Waals surface area contributed by atoms with Crippen LogP contribution in [-0.4, -0.2) is 14.2 Å². The second kappa shape index (κ2) is 6.66. The average molecular weight is 336 g/mol. The second-order valence-corrected chi connectivity index (χ2v) is 5.40. The minimum Gasteiger partial charge on any atom is -0.497 e. The van der Waals surface area contributed by atoms with E-state index < -0.39 is 0 Å². The summed E-state index contributed by atoms with van der Waals surface area (Å²) in [5.41, 5.74) is 2.15. The Morgan fingerprint density at radius 3 is 2.50 bits per heavy atom. The number of nitrogens with one attached hydrogen (secondary N) is 1. The Bertz CT molecular complexity index is 586. The molecule has 1 atom stereocenters. The SMILES string of the molecule is COc1ccc(NC(C)c2cccc(Br)c2)c(OC)c1. The molecule has 0 amide bonds. The van der Waals surface area contributed by atoms with E-state index in [0.717, 1.165) is 21.7 Å². The smallest absolute Gasteiger partial charge is 0.145 e. The molecule has 0 heterocycles. The molecule has 1 unspecified atom stereocenters. The largest absolute Gasteiger partial charge is 0.497 e. The van der Waals surface area contributed by atoms with Crippen LogP contribution in [0.15, 0.2) is 46.9 Å². The molecule has 0 fully saturated rings. The number of halogens is 1. The van der Waals surface area contributed by atoms with Crippen LogP contribution in [0, 0.1) is 0 Å². The Morgan fingerprint density at radius 2 is 1.85 bits per heavy atom. The van der Waals surface area contributed by atoms with Crippen molar-refractivity contribution in [3.8, 4) is 11.5 Å². The average Bonchev–Trinajstić information content (AvgIpc) is 2.47. The first-order valence-electron chi connectivity index (χ1n) is 6.38. The third-order valence-electron chi connectivity index (χ3n) is 3.13. The van der Waals surface area contributed by atoms with Crippen LogP contribution in [0.1, 0.15) is 18.5 Å². The van der Waals surface area contributed by atoms with Gasteiger partial charge in [-0.1, -0.05) is 28.1 Å². The van der Waals surface area contributed by atoms with E-state index in [1.165, 1.54) is 5.56 Å². The molecule has 0 aliphatic rings. The molecular weight excluding hydrogens is 318 g/mol. The summed E-state index contributed by atoms with van der Waals surface area (Å²) in [5.74, 6) is 1.55. The number of methoxy groups -OCH3 is 2. The molecule has 4 heteroatoms. The molecule has 0 saturated heterocycles. The van der Waals surface area contributed by atoms with Crippen LogP contribution in [0.5, 0.6) is 11.5 Å². The third kappa shape index (κ3) is 3.45. The van der Waals surface area contributed by atoms with Crippen LogP contribution in [-0.2, 0) is 0 Å². The van der Waals surface area contributed by atoms with Gasteiger partial charge in [0.15, 0.2) is 0 Å². The van der Waals surface area contributed by atoms with Gasteiger partial charge in [0.25, 0.3) is 0 Å². The predicted molar refractivity (Wildman–Crippen MR) is 85.7 cm³/mol. The molecule has 0 saturated carbocycles. The van der Waals surface area contributed by atoms with E-state index in [1.807, 2.05) is 30.3 Å². The normalized spacial score (nSPS) is 11.8. The topological polar surface area (TPSA) is 30.5 Å². The van der Waals surface area contributed by atoms with Gasteiger partial charge in [-0.05, 0) is 36.8 Å². The summed E-state index contributed by atoms with van der Waals surface area (Å²) in [6.45, 7) is 2.12. The van der Waals surface area contributed by atoms with Gasteiger partial charge in [-0.3, -0.25) is 0 Å². The van der Waals surface area contributed by atoms with Crippen molar-refractivity contribution in [1.29, 1.82) is 0 Å². The maximum atomic E-state index is 5.40. The summed E-state index contributed by atoms with van der Waals surface area (Å²) in [6.07, 6.45) is 0. The minimum atomic E-state index is 0.176. The zero-order chi connectivity index (χ0) is 14.5. The van der Waals surface area contributed by atoms with Gasteiger partial charge in [0.2, 0.25) is 0 Å². The molecule has 0 bridgehead atoms. The summed E-state index contributed by atoms with van der Waals surface area (Å²) >= 11 is 3.49. The lowest BCUT2D eigenvalue weighted by atomic mass is 10.1. The number of hydrogen-bond acceptors (Lipinski definition) is 3. The standard InChI is InChI=1S/C16H18BrNO2/c1-11(12-5-4-6-13(17)9-12)18-15-8-7-14(19-2)10-16(15)20-3/h4-11,18H,1-3H3. The van der Waals surface area contributed by atoms with Gasteiger partial charge in [-0.25, -0.2) is 0 Å². The maximum Gasteiger partial charge on any atom is 0.145 e. The van der Waals surface area contributed by atoms with E-state index in [9.17, 15) is 0 Å². The summed E-state index contributed by atoms with van der Waals surface area (Å²) in [7, 11) is 3.30. The Hall–Kier alpha value is -1.68. The highest BCUT2D eigenvalue weighted by Crippen LogP contribution is 2.32. The number of rotatable bonds is 5. The summed E-state index contributed by atoms with van der Waals surface area (Å²) in [6, 6.07) is 14.2. The quantitative estimate of drug-likeness (QED) is 0.863. The predicted octanol–water partition coefficient (Wildman–Crippen LogP) is 4.64. The highest BCUT2D eigenvalue weighted by atomic mass is 79.9. The molecule has 0 aliphatic carbocycles. The fourth-order valence-corrected chi connectivity index (χ4v) is 2.43. The van der Waals surface area contributed by atoms with Crippen molar-refractivity contribution in [2.45, 2.75) is 13.0 Å². The van der Waals surface area contributed by atoms with Crippen molar-refractivity contribution in [2.75, 3.05) is 19.5 Å². The van der Waals surface area contributed by atoms with Gasteiger partial charge in [0, 0.05) is 16.6 Å². The van der Waals surface area contributed by atoms with Crippen LogP contribution in [0.2, 0.25) is 0 Å². The van der Waals surface area contributed by atoms with Crippen LogP contribution in [0.25, 0.3) is 0 Å². The molecule has 106 valence electrons. The molecule has 0 aliphatic heterocycles. The summed E-state index contributed by atoms with van der Waals surface area (Å²) in [5, 5.41) is 3.45. The Kier molecular flexibility index (Phi) is 4.90. The van der Waals surface area contributed by atoms with Crippen molar-refractivity contribution < 1.29 is 9.47 Å². The first-order chi connectivity index (χ1) is 9.63. The van der Waals surface area contributed by atoms with Crippen LogP contribution >= 0.6 is 15.9 Å². The minimum absolute atomic E-state index is 0.176. The number of hydrogen-bond donors (Lipinski definition) is 1. The maximum absolute atomic E-state index is 5.40. The molecule has 2 rings (SSSR count). The van der Waals surface area contributed by atoms with E-state index in [-0.39, 0.29) is 6.04 Å². The van der Waals surface area contributed by atoms with Crippen molar-refractivity contribution in [2.24, 2.45) is 0 Å². The fourth-order valence-electron chi connectivity index (χ4n) is 2.01. The lowest BCUT2D eigenvalue weighted by Crippen LogP contribution is -2.07. The monoisotopic (exact) mass is 335 g/mol. The van der Waals surface area contributed by atoms with Crippen molar-refractivity contribution in [3.05, 3.63) is 52.5 Å². The summed E-state index contributed by atoms with van der Waals surface area (Å²) < 4.78 is 11.7. The van der Waals surface area contributed by atoms with E-state index in [2.05, 4.69) is 40.3 Å². The van der Waals surface area contributed by atoms with Gasteiger partial charge in [-0.2, -0.15) is 0 Å². The number of ether oxygens (including phenoxy) is 2. The Balaban J connectivity index is 2.21. The van der Waals surface area contributed by atoms with E-state index in [1.54, 1.807) is 14.2 Å². The molecule has 2 aromatic carbocycles. The van der Waals surface area contributed by atoms with Gasteiger partial charge >= 0.3 is 0 Å². The lowest BCUT2D eigenvalue weighted by molar-refractivity contribution is 0.395. The third-order valence-corrected chi connectivity index (χ3v) is 3.62. The molecule has 20 heavy (non-hydrogen) atoms. The fraction of sp³-hybridized carbons (Fsp3) is 0.250. The first kappa shape index (κ1) is 14.7. The highest BCUT2D eigenvalue weighted by Gasteiger charge is 2.10. The highest BCUT2D eigenvalue weighted by molar-refractivity contribution is 9.10. The molecule has 1 N–H and O–H groups in total. The van der Waals surface area contributed by atoms with Gasteiger partial charge < -0.3 is 14.8 Å². The molecule has 2 aromatic rings. The zero-order valence-electron chi connectivity index (χ0n) is 11.8. The molecule has 0 aromatic heterocycles. The van der Waals surface area contributed by atoms with Gasteiger partial charge in [0.05, 0.1) is 19.9 Å². The van der Waals surface area contributed by atoms with Gasteiger partial charge in [0.1, 0.15) is 11.5 Å². The van der Waals surface area contributed by atoms with Crippen LogP contribution in [0.4, 0.5) is 5.69 Å². The van der Waals surface area contributed by atoms with Crippen LogP contribution in [0.3, 0.4) is 0 Å². The van der Waals surface area contributed by atoms with E-state index >= 15 is 0 Å². The Morgan fingerprint density at radius 1 is 1.05 bits per heavy atom. The molecule has 3 nitrogen and oxygen atoms in total. The Labute approximate surface area is 128 Å². The van der Waals surface area contributed by atoms with Crippen molar-refractivity contribution in [3.63, 3.8) is 0 Å². The zero-order valence-corrected chi connectivity index (χ0v) is 13.4. The van der Waals surface area contributed by atoms with Crippen molar-refractivity contribution in [1.82, 2.24) is 0 Å². The van der Waals surface area contributed by atoms with Crippen molar-refractivity contribution >= 4 is 21.6 Å². The number of anilines is 1. The molecule has 0 radical (unpaired) electrons. The lowest BCUT2D eigenvalue weighted by Gasteiger charge is -2.18. The van der Waals surface area contributed by atoms with Crippen LogP contribution < -0.4 is 14.8 Å². The second-order valence-electron chi connectivity index (χ2n) is 4.49. The van der Waals surface area contributed by atoms with E-state index in [4.69, 9.17) is 9.47 Å². The van der Waals surface area contributed by atoms with Gasteiger partial charge in [-0.15, -0.1) is 0 Å². The molecule has 0 spiro atoms. The summed E-state index contributed by atoms with van der Waals surface area (Å²) in [4.78, 5) is 0.